The number of alkyl halides is 3. The fraction of sp³-hybridized carbons (Fsp3) is 0.429. The van der Waals surface area contributed by atoms with E-state index in [-0.39, 0.29) is 18.4 Å². The highest BCUT2D eigenvalue weighted by Crippen LogP contribution is 2.31. The van der Waals surface area contributed by atoms with Crippen LogP contribution < -0.4 is 4.74 Å². The first-order valence-electron chi connectivity index (χ1n) is 10.0. The van der Waals surface area contributed by atoms with Gasteiger partial charge in [0.05, 0.1) is 6.20 Å². The molecule has 2 heterocycles. The average molecular weight is 449 g/mol. The minimum atomic E-state index is -4.82. The van der Waals surface area contributed by atoms with Crippen LogP contribution in [-0.4, -0.2) is 50.5 Å². The Morgan fingerprint density at radius 2 is 1.91 bits per heavy atom. The molecule has 0 spiro atoms. The van der Waals surface area contributed by atoms with Crippen molar-refractivity contribution in [1.29, 1.82) is 0 Å². The summed E-state index contributed by atoms with van der Waals surface area (Å²) in [7, 11) is 0. The minimum absolute atomic E-state index is 0.0677. The zero-order valence-electron chi connectivity index (χ0n) is 17.8. The Hall–Kier alpha value is -3.37. The molecule has 1 aliphatic heterocycles. The Morgan fingerprint density at radius 3 is 2.56 bits per heavy atom. The number of ether oxygens (including phenoxy) is 2. The van der Waals surface area contributed by atoms with Gasteiger partial charge in [0, 0.05) is 17.7 Å². The number of nitrogens with zero attached hydrogens (tertiary/aromatic N) is 5. The van der Waals surface area contributed by atoms with E-state index in [2.05, 4.69) is 19.8 Å². The van der Waals surface area contributed by atoms with Crippen LogP contribution in [0.2, 0.25) is 0 Å². The second kappa shape index (κ2) is 7.95. The van der Waals surface area contributed by atoms with Gasteiger partial charge >= 0.3 is 12.5 Å². The van der Waals surface area contributed by atoms with Gasteiger partial charge in [-0.3, -0.25) is 4.90 Å². The third-order valence-electron chi connectivity index (χ3n) is 4.55. The largest absolute Gasteiger partial charge is 0.573 e. The van der Waals surface area contributed by atoms with Gasteiger partial charge in [0.15, 0.2) is 11.7 Å². The van der Waals surface area contributed by atoms with Crippen LogP contribution in [0.1, 0.15) is 39.2 Å². The van der Waals surface area contributed by atoms with Gasteiger partial charge in [0.1, 0.15) is 23.7 Å². The van der Waals surface area contributed by atoms with Gasteiger partial charge in [-0.15, -0.1) is 13.2 Å². The highest BCUT2D eigenvalue weighted by Gasteiger charge is 2.39. The first kappa shape index (κ1) is 21.8. The van der Waals surface area contributed by atoms with Crippen LogP contribution in [0.15, 0.2) is 46.5 Å². The summed E-state index contributed by atoms with van der Waals surface area (Å²) in [5.74, 6) is 0.561. The number of carbonyl (C=O) groups is 1. The van der Waals surface area contributed by atoms with E-state index in [0.717, 1.165) is 12.8 Å². The quantitative estimate of drug-likeness (QED) is 0.682. The summed E-state index contributed by atoms with van der Waals surface area (Å²) in [4.78, 5) is 23.5. The predicted molar refractivity (Wildman–Crippen MR) is 110 cm³/mol. The summed E-state index contributed by atoms with van der Waals surface area (Å²) in [6.45, 7) is 5.48. The molecule has 1 aromatic heterocycles. The maximum atomic E-state index is 13.0. The smallest absolute Gasteiger partial charge is 0.443 e. The van der Waals surface area contributed by atoms with Crippen molar-refractivity contribution in [3.8, 4) is 5.75 Å². The zero-order valence-corrected chi connectivity index (χ0v) is 17.8. The second-order valence-electron chi connectivity index (χ2n) is 8.47. The number of aromatic nitrogens is 2. The van der Waals surface area contributed by atoms with E-state index in [9.17, 15) is 18.0 Å². The summed E-state index contributed by atoms with van der Waals surface area (Å²) >= 11 is 0. The molecular formula is C21H22F3N5O3. The van der Waals surface area contributed by atoms with Crippen LogP contribution in [0, 0.1) is 0 Å². The number of carbonyl (C=O) groups excluding carboxylic acids is 1. The van der Waals surface area contributed by atoms with E-state index >= 15 is 0 Å². The maximum Gasteiger partial charge on any atom is 0.573 e. The number of fused-ring (bicyclic) bond motifs is 1. The molecule has 11 heteroatoms. The molecule has 4 rings (SSSR count). The third kappa shape index (κ3) is 5.27. The topological polar surface area (TPSA) is 81.3 Å². The number of hydrogen-bond donors (Lipinski definition) is 0. The van der Waals surface area contributed by atoms with E-state index in [0.29, 0.717) is 17.2 Å². The molecule has 0 unspecified atom stereocenters. The molecule has 0 bridgehead atoms. The van der Waals surface area contributed by atoms with Crippen molar-refractivity contribution < 1.29 is 27.4 Å². The van der Waals surface area contributed by atoms with Gasteiger partial charge in [0.25, 0.3) is 0 Å². The SMILES string of the molecule is CC(C)(C)OC(=O)N(C1=NC(c2cccc(OC(F)(F)F)c2)=Nc2ccnn2C1)C1CC1. The molecule has 0 N–H and O–H groups in total. The summed E-state index contributed by atoms with van der Waals surface area (Å²) in [6.07, 6.45) is -2.21. The number of halogens is 3. The van der Waals surface area contributed by atoms with Crippen molar-refractivity contribution >= 4 is 23.6 Å². The molecule has 0 atom stereocenters. The lowest BCUT2D eigenvalue weighted by Gasteiger charge is -2.28. The van der Waals surface area contributed by atoms with E-state index in [4.69, 9.17) is 4.74 Å². The Balaban J connectivity index is 1.74. The number of aliphatic imine (C=N–C) groups is 2. The molecule has 32 heavy (non-hydrogen) atoms. The highest BCUT2D eigenvalue weighted by molar-refractivity contribution is 6.10. The lowest BCUT2D eigenvalue weighted by molar-refractivity contribution is -0.274. The van der Waals surface area contributed by atoms with Crippen molar-refractivity contribution in [1.82, 2.24) is 14.7 Å². The number of rotatable bonds is 3. The number of amidine groups is 2. The fourth-order valence-corrected chi connectivity index (χ4v) is 3.17. The van der Waals surface area contributed by atoms with Gasteiger partial charge in [-0.05, 0) is 45.7 Å². The lowest BCUT2D eigenvalue weighted by atomic mass is 10.2. The van der Waals surface area contributed by atoms with Gasteiger partial charge in [-0.1, -0.05) is 12.1 Å². The Kier molecular flexibility index (Phi) is 5.43. The monoisotopic (exact) mass is 449 g/mol. The first-order chi connectivity index (χ1) is 15.0. The highest BCUT2D eigenvalue weighted by atomic mass is 19.4. The van der Waals surface area contributed by atoms with Crippen molar-refractivity contribution in [3.05, 3.63) is 42.1 Å². The molecule has 170 valence electrons. The molecule has 0 saturated heterocycles. The number of amides is 1. The average Bonchev–Trinajstić information content (AvgIpc) is 3.42. The third-order valence-corrected chi connectivity index (χ3v) is 4.55. The van der Waals surface area contributed by atoms with Crippen LogP contribution in [-0.2, 0) is 11.3 Å². The van der Waals surface area contributed by atoms with Gasteiger partial charge < -0.3 is 9.47 Å². The summed E-state index contributed by atoms with van der Waals surface area (Å²) in [5, 5.41) is 4.23. The minimum Gasteiger partial charge on any atom is -0.443 e. The standard InChI is InChI=1S/C21H22F3N5O3/c1-20(2,3)32-19(30)29(14-7-8-14)17-12-28-16(9-10-25-28)26-18(27-17)13-5-4-6-15(11-13)31-21(22,23)24/h4-6,9-11,14H,7-8,12H2,1-3H3. The Labute approximate surface area is 182 Å². The number of hydrogen-bond acceptors (Lipinski definition) is 6. The van der Waals surface area contributed by atoms with E-state index in [1.165, 1.54) is 23.1 Å². The van der Waals surface area contributed by atoms with Crippen molar-refractivity contribution in [2.75, 3.05) is 0 Å². The van der Waals surface area contributed by atoms with Crippen LogP contribution in [0.5, 0.6) is 5.75 Å². The van der Waals surface area contributed by atoms with Crippen molar-refractivity contribution in [3.63, 3.8) is 0 Å². The van der Waals surface area contributed by atoms with E-state index < -0.39 is 23.8 Å². The number of benzene rings is 1. The molecule has 8 nitrogen and oxygen atoms in total. The molecule has 1 saturated carbocycles. The van der Waals surface area contributed by atoms with Gasteiger partial charge in [0.2, 0.25) is 0 Å². The zero-order chi connectivity index (χ0) is 23.1. The molecule has 2 aromatic rings. The Bertz CT molecular complexity index is 1080. The van der Waals surface area contributed by atoms with Crippen LogP contribution >= 0.6 is 0 Å². The summed E-state index contributed by atoms with van der Waals surface area (Å²) in [6, 6.07) is 6.98. The maximum absolute atomic E-state index is 13.0. The molecule has 1 aliphatic carbocycles. The van der Waals surface area contributed by atoms with Crippen molar-refractivity contribution in [2.24, 2.45) is 9.98 Å². The molecule has 0 radical (unpaired) electrons. The molecule has 1 aromatic carbocycles. The van der Waals surface area contributed by atoms with Crippen LogP contribution in [0.4, 0.5) is 23.8 Å². The Morgan fingerprint density at radius 1 is 1.16 bits per heavy atom. The van der Waals surface area contributed by atoms with Gasteiger partial charge in [-0.2, -0.15) is 5.10 Å². The molecule has 1 amide bonds. The normalized spacial score (nSPS) is 16.4. The lowest BCUT2D eigenvalue weighted by Crippen LogP contribution is -2.44. The molecular weight excluding hydrogens is 427 g/mol. The van der Waals surface area contributed by atoms with Crippen molar-refractivity contribution in [2.45, 2.75) is 58.2 Å². The second-order valence-corrected chi connectivity index (χ2v) is 8.47. The van der Waals surface area contributed by atoms with Crippen LogP contribution in [0.3, 0.4) is 0 Å². The van der Waals surface area contributed by atoms with E-state index in [1.807, 2.05) is 0 Å². The van der Waals surface area contributed by atoms with E-state index in [1.54, 1.807) is 43.8 Å². The summed E-state index contributed by atoms with van der Waals surface area (Å²) < 4.78 is 49.2. The molecule has 1 fully saturated rings. The first-order valence-corrected chi connectivity index (χ1v) is 10.0. The summed E-state index contributed by atoms with van der Waals surface area (Å²) in [5.41, 5.74) is -0.397. The van der Waals surface area contributed by atoms with Crippen LogP contribution in [0.25, 0.3) is 0 Å². The fourth-order valence-electron chi connectivity index (χ4n) is 3.17. The predicted octanol–water partition coefficient (Wildman–Crippen LogP) is 4.67. The van der Waals surface area contributed by atoms with Gasteiger partial charge in [-0.25, -0.2) is 19.5 Å². The molecule has 2 aliphatic rings.